The van der Waals surface area contributed by atoms with Gasteiger partial charge in [0, 0.05) is 0 Å². The molecule has 0 spiro atoms. The normalized spacial score (nSPS) is 23.4. The van der Waals surface area contributed by atoms with Crippen LogP contribution in [0.15, 0.2) is 41.7 Å². The number of para-hydroxylation sites is 1. The first-order valence-electron chi connectivity index (χ1n) is 10.8. The van der Waals surface area contributed by atoms with E-state index in [-0.39, 0.29) is 37.2 Å². The second kappa shape index (κ2) is 11.1. The van der Waals surface area contributed by atoms with Crippen molar-refractivity contribution in [2.45, 2.75) is 31.7 Å². The number of aliphatic imine (C=N–C) groups is 1. The predicted molar refractivity (Wildman–Crippen MR) is 124 cm³/mol. The van der Waals surface area contributed by atoms with Crippen molar-refractivity contribution in [1.82, 2.24) is 20.0 Å². The summed E-state index contributed by atoms with van der Waals surface area (Å²) in [5.74, 6) is 2.03. The van der Waals surface area contributed by atoms with Crippen LogP contribution in [-0.2, 0) is 28.1 Å². The first kappa shape index (κ1) is 25.6. The third kappa shape index (κ3) is 6.03. The lowest BCUT2D eigenvalue weighted by Crippen LogP contribution is -2.37. The van der Waals surface area contributed by atoms with Gasteiger partial charge in [0.2, 0.25) is 0 Å². The van der Waals surface area contributed by atoms with Crippen molar-refractivity contribution in [1.29, 1.82) is 0 Å². The average molecular weight is 520 g/mol. The summed E-state index contributed by atoms with van der Waals surface area (Å²) in [5, 5.41) is 15.2. The van der Waals surface area contributed by atoms with Crippen LogP contribution < -0.4 is 20.7 Å². The molecule has 0 amide bonds. The Bertz CT molecular complexity index is 1200. The number of esters is 1. The fourth-order valence-corrected chi connectivity index (χ4v) is 4.79. The molecule has 15 heteroatoms. The molecule has 0 aliphatic carbocycles. The van der Waals surface area contributed by atoms with Gasteiger partial charge < -0.3 is 34.9 Å². The van der Waals surface area contributed by atoms with E-state index in [4.69, 9.17) is 35.4 Å². The van der Waals surface area contributed by atoms with E-state index in [9.17, 15) is 14.5 Å². The Hall–Kier alpha value is -3.44. The SMILES string of the molecule is C#CCOC(=O)[C@H](C)N[P@](=O)(OC[C@@H]1OC[C@H](n2cnc3c2N=C(N)NC3O)O1)Oc1ccccc1. The molecule has 1 fully saturated rings. The molecule has 36 heavy (non-hydrogen) atoms. The van der Waals surface area contributed by atoms with Gasteiger partial charge in [-0.2, -0.15) is 10.1 Å². The molecule has 0 bridgehead atoms. The van der Waals surface area contributed by atoms with Gasteiger partial charge >= 0.3 is 13.7 Å². The van der Waals surface area contributed by atoms with Gasteiger partial charge in [0.05, 0.1) is 12.9 Å². The van der Waals surface area contributed by atoms with Gasteiger partial charge in [-0.05, 0) is 19.1 Å². The highest BCUT2D eigenvalue weighted by Gasteiger charge is 2.37. The van der Waals surface area contributed by atoms with Crippen molar-refractivity contribution in [2.24, 2.45) is 10.7 Å². The fraction of sp³-hybridized carbons (Fsp3) is 0.381. The number of guanidine groups is 1. The molecular weight excluding hydrogens is 495 g/mol. The molecule has 4 rings (SSSR count). The lowest BCUT2D eigenvalue weighted by atomic mass is 10.3. The summed E-state index contributed by atoms with van der Waals surface area (Å²) in [6.07, 6.45) is 3.82. The second-order valence-electron chi connectivity index (χ2n) is 7.62. The number of ether oxygens (including phenoxy) is 3. The number of fused-ring (bicyclic) bond motifs is 1. The molecule has 2 aliphatic rings. The van der Waals surface area contributed by atoms with Crippen LogP contribution in [-0.4, -0.2) is 58.7 Å². The van der Waals surface area contributed by atoms with Crippen LogP contribution in [0.4, 0.5) is 5.82 Å². The standard InChI is InChI=1S/C21H25N6O8P/c1-3-9-31-20(29)13(2)26-36(30,35-14-7-5-4-6-8-14)33-11-16-32-10-15(34-16)27-12-23-17-18(27)24-21(22)25-19(17)28/h1,4-8,12-13,15-16,19,28H,9-11H2,2H3,(H,26,30)(H3,22,24,25)/t13-,15+,16+,19?,36-/m0/s1. The summed E-state index contributed by atoms with van der Waals surface area (Å²) >= 11 is 0. The number of carbonyl (C=O) groups is 1. The predicted octanol–water partition coefficient (Wildman–Crippen LogP) is 0.653. The lowest BCUT2D eigenvalue weighted by Gasteiger charge is -2.23. The lowest BCUT2D eigenvalue weighted by molar-refractivity contribution is -0.143. The Labute approximate surface area is 206 Å². The molecule has 192 valence electrons. The summed E-state index contributed by atoms with van der Waals surface area (Å²) < 4.78 is 42.5. The van der Waals surface area contributed by atoms with Crippen molar-refractivity contribution in [2.75, 3.05) is 19.8 Å². The van der Waals surface area contributed by atoms with Crippen LogP contribution in [0.2, 0.25) is 0 Å². The Morgan fingerprint density at radius 1 is 1.47 bits per heavy atom. The number of aromatic nitrogens is 2. The highest BCUT2D eigenvalue weighted by molar-refractivity contribution is 7.52. The summed E-state index contributed by atoms with van der Waals surface area (Å²) in [4.78, 5) is 20.4. The van der Waals surface area contributed by atoms with E-state index in [1.54, 1.807) is 34.9 Å². The van der Waals surface area contributed by atoms with Gasteiger partial charge in [-0.1, -0.05) is 24.1 Å². The molecule has 5 N–H and O–H groups in total. The van der Waals surface area contributed by atoms with Crippen molar-refractivity contribution in [3.8, 4) is 18.1 Å². The zero-order valence-corrected chi connectivity index (χ0v) is 20.0. The highest BCUT2D eigenvalue weighted by Crippen LogP contribution is 2.45. The molecule has 0 radical (unpaired) electrons. The van der Waals surface area contributed by atoms with Crippen LogP contribution in [0.3, 0.4) is 0 Å². The number of terminal acetylenes is 1. The summed E-state index contributed by atoms with van der Waals surface area (Å²) in [6, 6.07) is 7.22. The van der Waals surface area contributed by atoms with E-state index in [1.807, 2.05) is 0 Å². The summed E-state index contributed by atoms with van der Waals surface area (Å²) in [5.41, 5.74) is 5.97. The number of carbonyl (C=O) groups excluding carboxylic acids is 1. The number of nitrogens with zero attached hydrogens (tertiary/aromatic N) is 3. The van der Waals surface area contributed by atoms with Gasteiger partial charge in [0.15, 0.2) is 37.1 Å². The van der Waals surface area contributed by atoms with Crippen LogP contribution in [0.1, 0.15) is 25.1 Å². The van der Waals surface area contributed by atoms with Crippen LogP contribution >= 0.6 is 7.75 Å². The smallest absolute Gasteiger partial charge is 0.451 e. The van der Waals surface area contributed by atoms with E-state index in [2.05, 4.69) is 26.3 Å². The molecule has 1 unspecified atom stereocenters. The van der Waals surface area contributed by atoms with Crippen LogP contribution in [0.25, 0.3) is 0 Å². The molecule has 0 saturated carbocycles. The number of nitrogens with one attached hydrogen (secondary N) is 2. The topological polar surface area (TPSA) is 181 Å². The number of nitrogens with two attached hydrogens (primary N) is 1. The van der Waals surface area contributed by atoms with Gasteiger partial charge in [0.1, 0.15) is 24.1 Å². The monoisotopic (exact) mass is 520 g/mol. The van der Waals surface area contributed by atoms with E-state index < -0.39 is 38.5 Å². The van der Waals surface area contributed by atoms with E-state index >= 15 is 0 Å². The fourth-order valence-electron chi connectivity index (χ4n) is 3.32. The number of aliphatic hydroxyl groups is 1. The first-order chi connectivity index (χ1) is 17.3. The second-order valence-corrected chi connectivity index (χ2v) is 9.31. The summed E-state index contributed by atoms with van der Waals surface area (Å²) in [6.45, 7) is 0.967. The minimum Gasteiger partial charge on any atom is -0.451 e. The Morgan fingerprint density at radius 2 is 2.25 bits per heavy atom. The number of hydrogen-bond donors (Lipinski definition) is 4. The molecule has 14 nitrogen and oxygen atoms in total. The van der Waals surface area contributed by atoms with E-state index in [1.165, 1.54) is 13.3 Å². The quantitative estimate of drug-likeness (QED) is 0.195. The average Bonchev–Trinajstić information content (AvgIpc) is 3.49. The van der Waals surface area contributed by atoms with Crippen molar-refractivity contribution >= 4 is 25.5 Å². The number of hydrogen-bond acceptors (Lipinski definition) is 12. The molecular formula is C21H25N6O8P. The first-order valence-corrected chi connectivity index (χ1v) is 12.3. The zero-order chi connectivity index (χ0) is 25.7. The minimum atomic E-state index is -4.11. The molecule has 5 atom stereocenters. The van der Waals surface area contributed by atoms with Crippen LogP contribution in [0, 0.1) is 12.3 Å². The molecule has 3 heterocycles. The van der Waals surface area contributed by atoms with Gasteiger partial charge in [0.25, 0.3) is 0 Å². The molecule has 2 aliphatic heterocycles. The Balaban J connectivity index is 1.42. The third-order valence-electron chi connectivity index (χ3n) is 4.96. The van der Waals surface area contributed by atoms with E-state index in [0.717, 1.165) is 0 Å². The van der Waals surface area contributed by atoms with Gasteiger partial charge in [-0.25, -0.2) is 9.55 Å². The third-order valence-corrected chi connectivity index (χ3v) is 6.60. The van der Waals surface area contributed by atoms with Crippen molar-refractivity contribution in [3.63, 3.8) is 0 Å². The largest absolute Gasteiger partial charge is 0.459 e. The van der Waals surface area contributed by atoms with Crippen molar-refractivity contribution in [3.05, 3.63) is 42.4 Å². The molecule has 1 saturated heterocycles. The number of benzene rings is 1. The maximum atomic E-state index is 13.5. The number of aliphatic hydroxyl groups excluding tert-OH is 1. The maximum Gasteiger partial charge on any atom is 0.459 e. The van der Waals surface area contributed by atoms with E-state index in [0.29, 0.717) is 5.82 Å². The molecule has 1 aromatic heterocycles. The Morgan fingerprint density at radius 3 is 3.00 bits per heavy atom. The summed E-state index contributed by atoms with van der Waals surface area (Å²) in [7, 11) is -4.11. The van der Waals surface area contributed by atoms with Gasteiger partial charge in [-0.15, -0.1) is 6.42 Å². The Kier molecular flexibility index (Phi) is 7.90. The molecule has 2 aromatic rings. The van der Waals surface area contributed by atoms with Crippen LogP contribution in [0.5, 0.6) is 5.75 Å². The van der Waals surface area contributed by atoms with Gasteiger partial charge in [-0.3, -0.25) is 13.9 Å². The van der Waals surface area contributed by atoms with Crippen molar-refractivity contribution < 1.29 is 37.7 Å². The maximum absolute atomic E-state index is 13.5. The number of rotatable bonds is 10. The number of imidazole rings is 1. The zero-order valence-electron chi connectivity index (χ0n) is 19.1. The minimum absolute atomic E-state index is 0.0236. The highest BCUT2D eigenvalue weighted by atomic mass is 31.2. The molecule has 1 aromatic carbocycles.